The molecule has 0 radical (unpaired) electrons. The van der Waals surface area contributed by atoms with Crippen LogP contribution in [0.25, 0.3) is 10.9 Å². The van der Waals surface area contributed by atoms with Crippen molar-refractivity contribution in [3.63, 3.8) is 0 Å². The van der Waals surface area contributed by atoms with E-state index in [1.807, 2.05) is 6.07 Å². The Balaban J connectivity index is 3.01. The van der Waals surface area contributed by atoms with Crippen LogP contribution in [0.5, 0.6) is 0 Å². The molecule has 0 N–H and O–H groups in total. The Labute approximate surface area is 104 Å². The first kappa shape index (κ1) is 10.5. The molecule has 0 amide bonds. The highest BCUT2D eigenvalue weighted by Crippen LogP contribution is 2.36. The maximum absolute atomic E-state index is 6.04. The average molecular weight is 311 g/mol. The van der Waals surface area contributed by atoms with Gasteiger partial charge in [0.15, 0.2) is 0 Å². The fraction of sp³-hybridized carbons (Fsp3) is 0. The Morgan fingerprint density at radius 1 is 1.07 bits per heavy atom. The summed E-state index contributed by atoms with van der Waals surface area (Å²) in [6, 6.07) is 3.57. The average Bonchev–Trinajstić information content (AvgIpc) is 2.16. The first-order valence-electron chi connectivity index (χ1n) is 3.69. The van der Waals surface area contributed by atoms with Gasteiger partial charge in [0.25, 0.3) is 0 Å². The first-order chi connectivity index (χ1) is 6.61. The molecule has 0 atom stereocenters. The molecule has 1 heterocycles. The fourth-order valence-electron chi connectivity index (χ4n) is 1.17. The van der Waals surface area contributed by atoms with E-state index in [4.69, 9.17) is 34.8 Å². The van der Waals surface area contributed by atoms with Crippen molar-refractivity contribution in [1.82, 2.24) is 4.98 Å². The maximum atomic E-state index is 6.04. The second-order valence-electron chi connectivity index (χ2n) is 2.67. The minimum atomic E-state index is 0.419. The molecule has 14 heavy (non-hydrogen) atoms. The van der Waals surface area contributed by atoms with Gasteiger partial charge >= 0.3 is 0 Å². The van der Waals surface area contributed by atoms with Gasteiger partial charge in [-0.15, -0.1) is 0 Å². The van der Waals surface area contributed by atoms with Gasteiger partial charge in [-0.25, -0.2) is 0 Å². The second kappa shape index (κ2) is 3.86. The normalized spacial score (nSPS) is 10.9. The van der Waals surface area contributed by atoms with Crippen LogP contribution in [0.1, 0.15) is 0 Å². The predicted molar refractivity (Wildman–Crippen MR) is 64.5 cm³/mol. The van der Waals surface area contributed by atoms with E-state index in [0.29, 0.717) is 20.6 Å². The minimum Gasteiger partial charge on any atom is -0.253 e. The van der Waals surface area contributed by atoms with E-state index >= 15 is 0 Å². The fourth-order valence-corrected chi connectivity index (χ4v) is 2.40. The summed E-state index contributed by atoms with van der Waals surface area (Å²) < 4.78 is 0.830. The molecule has 1 aromatic heterocycles. The van der Waals surface area contributed by atoms with Crippen molar-refractivity contribution in [3.05, 3.63) is 37.9 Å². The highest BCUT2D eigenvalue weighted by molar-refractivity contribution is 9.10. The van der Waals surface area contributed by atoms with Gasteiger partial charge in [-0.2, -0.15) is 0 Å². The van der Waals surface area contributed by atoms with E-state index in [1.165, 1.54) is 6.20 Å². The van der Waals surface area contributed by atoms with E-state index in [2.05, 4.69) is 20.9 Å². The number of hydrogen-bond acceptors (Lipinski definition) is 1. The van der Waals surface area contributed by atoms with Crippen LogP contribution in [0.15, 0.2) is 22.8 Å². The van der Waals surface area contributed by atoms with Crippen molar-refractivity contribution < 1.29 is 0 Å². The minimum absolute atomic E-state index is 0.419. The Bertz CT molecular complexity index is 513. The summed E-state index contributed by atoms with van der Waals surface area (Å²) in [5.74, 6) is 0. The number of rotatable bonds is 0. The monoisotopic (exact) mass is 309 g/mol. The lowest BCUT2D eigenvalue weighted by molar-refractivity contribution is 1.41. The SMILES string of the molecule is Clc1cnc2c(Cl)ccc(Br)c2c1Cl. The predicted octanol–water partition coefficient (Wildman–Crippen LogP) is 4.96. The molecule has 1 aromatic carbocycles. The van der Waals surface area contributed by atoms with Crippen LogP contribution in [-0.4, -0.2) is 4.98 Å². The maximum Gasteiger partial charge on any atom is 0.0915 e. The summed E-state index contributed by atoms with van der Waals surface area (Å²) >= 11 is 21.2. The molecule has 0 saturated heterocycles. The molecule has 0 aliphatic rings. The third-order valence-electron chi connectivity index (χ3n) is 1.81. The van der Waals surface area contributed by atoms with Crippen LogP contribution in [0.2, 0.25) is 15.1 Å². The topological polar surface area (TPSA) is 12.9 Å². The van der Waals surface area contributed by atoms with E-state index in [1.54, 1.807) is 6.07 Å². The van der Waals surface area contributed by atoms with E-state index in [-0.39, 0.29) is 0 Å². The largest absolute Gasteiger partial charge is 0.253 e. The molecule has 1 nitrogen and oxygen atoms in total. The van der Waals surface area contributed by atoms with Crippen LogP contribution in [-0.2, 0) is 0 Å². The van der Waals surface area contributed by atoms with Crippen molar-refractivity contribution in [2.24, 2.45) is 0 Å². The lowest BCUT2D eigenvalue weighted by Crippen LogP contribution is -1.83. The van der Waals surface area contributed by atoms with Gasteiger partial charge in [-0.05, 0) is 12.1 Å². The number of fused-ring (bicyclic) bond motifs is 1. The zero-order valence-electron chi connectivity index (χ0n) is 6.69. The van der Waals surface area contributed by atoms with Gasteiger partial charge in [0.2, 0.25) is 0 Å². The van der Waals surface area contributed by atoms with Crippen LogP contribution in [0.3, 0.4) is 0 Å². The van der Waals surface area contributed by atoms with Crippen LogP contribution in [0, 0.1) is 0 Å². The third-order valence-corrected chi connectivity index (χ3v) is 3.56. The number of benzene rings is 1. The summed E-state index contributed by atoms with van der Waals surface area (Å²) in [4.78, 5) is 4.12. The third kappa shape index (κ3) is 1.61. The Morgan fingerprint density at radius 2 is 1.79 bits per heavy atom. The molecule has 0 aliphatic carbocycles. The summed E-state index contributed by atoms with van der Waals surface area (Å²) in [7, 11) is 0. The molecule has 2 rings (SSSR count). The summed E-state index contributed by atoms with van der Waals surface area (Å²) in [6.45, 7) is 0. The molecule has 72 valence electrons. The van der Waals surface area contributed by atoms with Gasteiger partial charge in [-0.3, -0.25) is 4.98 Å². The van der Waals surface area contributed by atoms with Crippen LogP contribution in [0.4, 0.5) is 0 Å². The second-order valence-corrected chi connectivity index (χ2v) is 4.72. The molecule has 0 fully saturated rings. The summed E-state index contributed by atoms with van der Waals surface area (Å²) in [6.07, 6.45) is 1.49. The van der Waals surface area contributed by atoms with Gasteiger partial charge in [-0.1, -0.05) is 50.7 Å². The molecular weight excluding hydrogens is 308 g/mol. The smallest absolute Gasteiger partial charge is 0.0915 e. The summed E-state index contributed by atoms with van der Waals surface area (Å²) in [5, 5.41) is 2.18. The molecule has 0 saturated carbocycles. The van der Waals surface area contributed by atoms with Crippen molar-refractivity contribution in [2.45, 2.75) is 0 Å². The van der Waals surface area contributed by atoms with Crippen molar-refractivity contribution in [1.29, 1.82) is 0 Å². The molecule has 2 aromatic rings. The molecule has 0 unspecified atom stereocenters. The number of aromatic nitrogens is 1. The first-order valence-corrected chi connectivity index (χ1v) is 5.61. The summed E-state index contributed by atoms with van der Waals surface area (Å²) in [5.41, 5.74) is 0.649. The molecular formula is C9H3BrCl3N. The number of pyridine rings is 1. The Kier molecular flexibility index (Phi) is 2.89. The number of nitrogens with zero attached hydrogens (tertiary/aromatic N) is 1. The van der Waals surface area contributed by atoms with Gasteiger partial charge < -0.3 is 0 Å². The van der Waals surface area contributed by atoms with Gasteiger partial charge in [0.1, 0.15) is 0 Å². The zero-order chi connectivity index (χ0) is 10.3. The number of halogens is 4. The Hall–Kier alpha value is -0.0200. The lowest BCUT2D eigenvalue weighted by atomic mass is 10.2. The zero-order valence-corrected chi connectivity index (χ0v) is 10.5. The van der Waals surface area contributed by atoms with Crippen molar-refractivity contribution >= 4 is 61.6 Å². The molecule has 5 heteroatoms. The highest BCUT2D eigenvalue weighted by atomic mass is 79.9. The quantitative estimate of drug-likeness (QED) is 0.670. The standard InChI is InChI=1S/C9H3BrCl3N/c10-4-1-2-5(11)9-7(4)8(13)6(12)3-14-9/h1-3H. The number of hydrogen-bond donors (Lipinski definition) is 0. The molecule has 0 aliphatic heterocycles. The molecule has 0 spiro atoms. The molecule has 0 bridgehead atoms. The van der Waals surface area contributed by atoms with Crippen molar-refractivity contribution in [3.8, 4) is 0 Å². The lowest BCUT2D eigenvalue weighted by Gasteiger charge is -2.05. The highest BCUT2D eigenvalue weighted by Gasteiger charge is 2.10. The van der Waals surface area contributed by atoms with Gasteiger partial charge in [0, 0.05) is 16.1 Å². The van der Waals surface area contributed by atoms with Crippen molar-refractivity contribution in [2.75, 3.05) is 0 Å². The van der Waals surface area contributed by atoms with Crippen LogP contribution < -0.4 is 0 Å². The van der Waals surface area contributed by atoms with E-state index in [9.17, 15) is 0 Å². The van der Waals surface area contributed by atoms with Gasteiger partial charge in [0.05, 0.1) is 20.6 Å². The van der Waals surface area contributed by atoms with E-state index < -0.39 is 0 Å². The Morgan fingerprint density at radius 3 is 2.50 bits per heavy atom. The van der Waals surface area contributed by atoms with Crippen LogP contribution >= 0.6 is 50.7 Å². The van der Waals surface area contributed by atoms with E-state index in [0.717, 1.165) is 9.86 Å².